The number of hydrogen-bond donors (Lipinski definition) is 2. The van der Waals surface area contributed by atoms with Crippen LogP contribution in [-0.2, 0) is 19.6 Å². The zero-order valence-electron chi connectivity index (χ0n) is 17.6. The molecule has 1 heterocycles. The Kier molecular flexibility index (Phi) is 7.25. The maximum Gasteiger partial charge on any atom is 0.407 e. The molecule has 1 aliphatic rings. The Labute approximate surface area is 172 Å². The number of nitrogens with zero attached hydrogens (tertiary/aromatic N) is 2. The Bertz CT molecular complexity index is 833. The van der Waals surface area contributed by atoms with Crippen LogP contribution in [0.1, 0.15) is 27.7 Å². The second-order valence-corrected chi connectivity index (χ2v) is 10.0. The first-order valence-electron chi connectivity index (χ1n) is 9.43. The zero-order valence-corrected chi connectivity index (χ0v) is 18.4. The lowest BCUT2D eigenvalue weighted by Gasteiger charge is -2.39. The number of amides is 2. The summed E-state index contributed by atoms with van der Waals surface area (Å²) < 4.78 is 33.0. The van der Waals surface area contributed by atoms with Crippen molar-refractivity contribution < 1.29 is 22.7 Å². The van der Waals surface area contributed by atoms with Crippen LogP contribution in [0, 0.1) is 0 Å². The standard InChI is InChI=1S/C19H30N4O5S/c1-14(24)21-15-6-8-17(9-7-15)29(26,27)23-11-10-22(5)13-16(23)12-20-18(25)28-19(2,3)4/h6-9,16H,10-13H2,1-5H3,(H,20,25)(H,21,24)/t16-/m0/s1. The molecule has 0 spiro atoms. The molecule has 0 radical (unpaired) electrons. The Balaban J connectivity index is 2.15. The van der Waals surface area contributed by atoms with Gasteiger partial charge >= 0.3 is 6.09 Å². The van der Waals surface area contributed by atoms with Crippen molar-refractivity contribution in [3.63, 3.8) is 0 Å². The summed E-state index contributed by atoms with van der Waals surface area (Å²) in [7, 11) is -1.85. The van der Waals surface area contributed by atoms with E-state index in [9.17, 15) is 18.0 Å². The molecular formula is C19H30N4O5S. The number of nitrogens with one attached hydrogen (secondary N) is 2. The summed E-state index contributed by atoms with van der Waals surface area (Å²) in [5, 5.41) is 5.29. The van der Waals surface area contributed by atoms with E-state index in [1.165, 1.54) is 23.4 Å². The number of hydrogen-bond acceptors (Lipinski definition) is 6. The maximum absolute atomic E-state index is 13.2. The lowest BCUT2D eigenvalue weighted by Crippen LogP contribution is -2.57. The van der Waals surface area contributed by atoms with Crippen molar-refractivity contribution >= 4 is 27.7 Å². The summed E-state index contributed by atoms with van der Waals surface area (Å²) >= 11 is 0. The molecule has 1 atom stereocenters. The van der Waals surface area contributed by atoms with Crippen molar-refractivity contribution in [3.05, 3.63) is 24.3 Å². The van der Waals surface area contributed by atoms with Gasteiger partial charge in [0.2, 0.25) is 15.9 Å². The molecule has 0 unspecified atom stereocenters. The van der Waals surface area contributed by atoms with Gasteiger partial charge in [0.15, 0.2) is 0 Å². The van der Waals surface area contributed by atoms with Crippen molar-refractivity contribution in [3.8, 4) is 0 Å². The van der Waals surface area contributed by atoms with E-state index < -0.39 is 27.8 Å². The van der Waals surface area contributed by atoms with Gasteiger partial charge in [-0.05, 0) is 52.1 Å². The highest BCUT2D eigenvalue weighted by Gasteiger charge is 2.35. The van der Waals surface area contributed by atoms with E-state index in [2.05, 4.69) is 10.6 Å². The van der Waals surface area contributed by atoms with Crippen LogP contribution in [-0.4, -0.2) is 74.5 Å². The molecular weight excluding hydrogens is 396 g/mol. The van der Waals surface area contributed by atoms with E-state index in [1.807, 2.05) is 11.9 Å². The van der Waals surface area contributed by atoms with Crippen LogP contribution in [0.25, 0.3) is 0 Å². The maximum atomic E-state index is 13.2. The first-order valence-corrected chi connectivity index (χ1v) is 10.9. The van der Waals surface area contributed by atoms with Gasteiger partial charge in [-0.1, -0.05) is 0 Å². The number of alkyl carbamates (subject to hydrolysis) is 1. The smallest absolute Gasteiger partial charge is 0.407 e. The van der Waals surface area contributed by atoms with Crippen LogP contribution in [0.2, 0.25) is 0 Å². The Morgan fingerprint density at radius 2 is 1.79 bits per heavy atom. The fourth-order valence-electron chi connectivity index (χ4n) is 3.04. The number of sulfonamides is 1. The molecule has 2 amide bonds. The summed E-state index contributed by atoms with van der Waals surface area (Å²) in [4.78, 5) is 25.3. The molecule has 10 heteroatoms. The Hall–Kier alpha value is -2.17. The Morgan fingerprint density at radius 3 is 2.34 bits per heavy atom. The number of benzene rings is 1. The van der Waals surface area contributed by atoms with Gasteiger partial charge in [-0.3, -0.25) is 4.79 Å². The van der Waals surface area contributed by atoms with Crippen molar-refractivity contribution in [1.82, 2.24) is 14.5 Å². The average Bonchev–Trinajstić information content (AvgIpc) is 2.58. The van der Waals surface area contributed by atoms with Crippen molar-refractivity contribution in [2.75, 3.05) is 38.5 Å². The molecule has 0 aliphatic carbocycles. The molecule has 29 heavy (non-hydrogen) atoms. The second-order valence-electron chi connectivity index (χ2n) is 8.12. The number of likely N-dealkylation sites (N-methyl/N-ethyl adjacent to an activating group) is 1. The Morgan fingerprint density at radius 1 is 1.17 bits per heavy atom. The van der Waals surface area contributed by atoms with Gasteiger partial charge in [-0.25, -0.2) is 13.2 Å². The fraction of sp³-hybridized carbons (Fsp3) is 0.579. The van der Waals surface area contributed by atoms with Gasteiger partial charge in [-0.2, -0.15) is 4.31 Å². The SMILES string of the molecule is CC(=O)Nc1ccc(S(=O)(=O)N2CCN(C)C[C@@H]2CNC(=O)OC(C)(C)C)cc1. The first-order chi connectivity index (χ1) is 13.4. The number of carbonyl (C=O) groups excluding carboxylic acids is 2. The van der Waals surface area contributed by atoms with Crippen molar-refractivity contribution in [1.29, 1.82) is 0 Å². The molecule has 0 saturated carbocycles. The summed E-state index contributed by atoms with van der Waals surface area (Å²) in [5.41, 5.74) is -0.104. The van der Waals surface area contributed by atoms with E-state index in [0.717, 1.165) is 0 Å². The van der Waals surface area contributed by atoms with E-state index in [1.54, 1.807) is 32.9 Å². The number of carbonyl (C=O) groups is 2. The van der Waals surface area contributed by atoms with Crippen LogP contribution in [0.5, 0.6) is 0 Å². The first kappa shape index (κ1) is 23.1. The topological polar surface area (TPSA) is 108 Å². The van der Waals surface area contributed by atoms with Gasteiger partial charge in [0, 0.05) is 38.8 Å². The molecule has 1 aromatic carbocycles. The minimum Gasteiger partial charge on any atom is -0.444 e. The monoisotopic (exact) mass is 426 g/mol. The molecule has 162 valence electrons. The zero-order chi connectivity index (χ0) is 21.8. The largest absolute Gasteiger partial charge is 0.444 e. The van der Waals surface area contributed by atoms with Crippen molar-refractivity contribution in [2.45, 2.75) is 44.2 Å². The van der Waals surface area contributed by atoms with Gasteiger partial charge in [0.05, 0.1) is 10.9 Å². The highest BCUT2D eigenvalue weighted by Crippen LogP contribution is 2.22. The summed E-state index contributed by atoms with van der Waals surface area (Å²) in [6.07, 6.45) is -0.581. The molecule has 1 aromatic rings. The average molecular weight is 427 g/mol. The predicted octanol–water partition coefficient (Wildman–Crippen LogP) is 1.47. The molecule has 1 fully saturated rings. The predicted molar refractivity (Wildman–Crippen MR) is 110 cm³/mol. The van der Waals surface area contributed by atoms with E-state index in [4.69, 9.17) is 4.74 Å². The van der Waals surface area contributed by atoms with Gasteiger partial charge in [0.1, 0.15) is 5.60 Å². The van der Waals surface area contributed by atoms with E-state index >= 15 is 0 Å². The lowest BCUT2D eigenvalue weighted by atomic mass is 10.2. The quantitative estimate of drug-likeness (QED) is 0.738. The van der Waals surface area contributed by atoms with Crippen LogP contribution in [0.4, 0.5) is 10.5 Å². The third-order valence-corrected chi connectivity index (χ3v) is 6.26. The summed E-state index contributed by atoms with van der Waals surface area (Å²) in [6, 6.07) is 5.62. The summed E-state index contributed by atoms with van der Waals surface area (Å²) in [5.74, 6) is -0.229. The number of anilines is 1. The lowest BCUT2D eigenvalue weighted by molar-refractivity contribution is -0.114. The molecule has 1 aliphatic heterocycles. The molecule has 2 rings (SSSR count). The molecule has 0 bridgehead atoms. The molecule has 1 saturated heterocycles. The van der Waals surface area contributed by atoms with E-state index in [-0.39, 0.29) is 17.3 Å². The second kappa shape index (κ2) is 9.10. The normalized spacial score (nSPS) is 18.9. The van der Waals surface area contributed by atoms with Gasteiger partial charge < -0.3 is 20.3 Å². The third-order valence-electron chi connectivity index (χ3n) is 4.29. The van der Waals surface area contributed by atoms with Crippen LogP contribution in [0.15, 0.2) is 29.2 Å². The highest BCUT2D eigenvalue weighted by atomic mass is 32.2. The van der Waals surface area contributed by atoms with Crippen LogP contribution < -0.4 is 10.6 Å². The molecule has 9 nitrogen and oxygen atoms in total. The fourth-order valence-corrected chi connectivity index (χ4v) is 4.65. The molecule has 2 N–H and O–H groups in total. The van der Waals surface area contributed by atoms with Crippen molar-refractivity contribution in [2.24, 2.45) is 0 Å². The number of ether oxygens (including phenoxy) is 1. The van der Waals surface area contributed by atoms with Crippen LogP contribution >= 0.6 is 0 Å². The van der Waals surface area contributed by atoms with Gasteiger partial charge in [-0.15, -0.1) is 0 Å². The van der Waals surface area contributed by atoms with Gasteiger partial charge in [0.25, 0.3) is 0 Å². The highest BCUT2D eigenvalue weighted by molar-refractivity contribution is 7.89. The molecule has 0 aromatic heterocycles. The van der Waals surface area contributed by atoms with E-state index in [0.29, 0.717) is 25.3 Å². The third kappa shape index (κ3) is 6.69. The summed E-state index contributed by atoms with van der Waals surface area (Å²) in [6.45, 7) is 8.21. The number of rotatable bonds is 5. The minimum absolute atomic E-state index is 0.137. The minimum atomic E-state index is -3.76. The van der Waals surface area contributed by atoms with Crippen LogP contribution in [0.3, 0.4) is 0 Å². The number of piperazine rings is 1.